The summed E-state index contributed by atoms with van der Waals surface area (Å²) >= 11 is 0. The number of benzene rings is 1. The van der Waals surface area contributed by atoms with Crippen molar-refractivity contribution >= 4 is 11.8 Å². The van der Waals surface area contributed by atoms with Crippen molar-refractivity contribution < 1.29 is 18.7 Å². The molecule has 2 aliphatic rings. The number of piperazine rings is 1. The smallest absolute Gasteiger partial charge is 0.236 e. The number of likely N-dealkylation sites (N-methyl/N-ethyl adjacent to an activating group) is 1. The molecule has 0 aliphatic carbocycles. The van der Waals surface area contributed by atoms with E-state index in [-0.39, 0.29) is 24.2 Å². The zero-order valence-electron chi connectivity index (χ0n) is 19.6. The van der Waals surface area contributed by atoms with Crippen LogP contribution in [0, 0.1) is 17.7 Å². The molecule has 1 aromatic rings. The lowest BCUT2D eigenvalue weighted by atomic mass is 9.92. The van der Waals surface area contributed by atoms with E-state index in [1.165, 1.54) is 12.5 Å². The minimum atomic E-state index is -0.401. The summed E-state index contributed by atoms with van der Waals surface area (Å²) in [5.41, 5.74) is 0. The monoisotopic (exact) mass is 448 g/mol. The summed E-state index contributed by atoms with van der Waals surface area (Å²) < 4.78 is 19.0. The van der Waals surface area contributed by atoms with E-state index in [4.69, 9.17) is 4.74 Å². The molecule has 0 aromatic heterocycles. The van der Waals surface area contributed by atoms with Gasteiger partial charge in [-0.15, -0.1) is 0 Å². The van der Waals surface area contributed by atoms with Gasteiger partial charge in [-0.25, -0.2) is 4.39 Å². The van der Waals surface area contributed by atoms with Gasteiger partial charge in [0.1, 0.15) is 6.61 Å². The average Bonchev–Trinajstić information content (AvgIpc) is 2.75. The van der Waals surface area contributed by atoms with Crippen LogP contribution in [0.3, 0.4) is 0 Å². The maximum absolute atomic E-state index is 13.6. The highest BCUT2D eigenvalue weighted by atomic mass is 19.1. The molecule has 0 spiro atoms. The molecule has 2 saturated heterocycles. The second-order valence-electron chi connectivity index (χ2n) is 9.39. The summed E-state index contributed by atoms with van der Waals surface area (Å²) in [5.74, 6) is 1.18. The summed E-state index contributed by atoms with van der Waals surface area (Å²) in [5, 5.41) is 0. The molecular formula is C24H37FN4O3. The Labute approximate surface area is 191 Å². The summed E-state index contributed by atoms with van der Waals surface area (Å²) in [6.07, 6.45) is 1.19. The highest BCUT2D eigenvalue weighted by Crippen LogP contribution is 2.21. The third-order valence-electron chi connectivity index (χ3n) is 6.35. The Kier molecular flexibility index (Phi) is 8.87. The second-order valence-corrected chi connectivity index (χ2v) is 9.39. The zero-order chi connectivity index (χ0) is 23.1. The van der Waals surface area contributed by atoms with Crippen molar-refractivity contribution in [3.63, 3.8) is 0 Å². The van der Waals surface area contributed by atoms with Gasteiger partial charge < -0.3 is 14.5 Å². The number of para-hydroxylation sites is 1. The number of nitrogens with zero attached hydrogens (tertiary/aromatic N) is 4. The lowest BCUT2D eigenvalue weighted by Crippen LogP contribution is -2.53. The van der Waals surface area contributed by atoms with Crippen molar-refractivity contribution in [1.29, 1.82) is 0 Å². The first-order valence-electron chi connectivity index (χ1n) is 11.7. The number of carbonyl (C=O) groups excluding carboxylic acids is 2. The predicted octanol–water partition coefficient (Wildman–Crippen LogP) is 1.79. The Balaban J connectivity index is 1.33. The number of piperidine rings is 1. The van der Waals surface area contributed by atoms with Gasteiger partial charge in [0.2, 0.25) is 11.8 Å². The fraction of sp³-hybridized carbons (Fsp3) is 0.667. The fourth-order valence-electron chi connectivity index (χ4n) is 4.55. The van der Waals surface area contributed by atoms with E-state index >= 15 is 0 Å². The highest BCUT2D eigenvalue weighted by Gasteiger charge is 2.28. The van der Waals surface area contributed by atoms with Gasteiger partial charge in [0, 0.05) is 46.3 Å². The molecule has 0 saturated carbocycles. The van der Waals surface area contributed by atoms with E-state index in [9.17, 15) is 14.0 Å². The summed E-state index contributed by atoms with van der Waals surface area (Å²) in [6.45, 7) is 10.7. The van der Waals surface area contributed by atoms with E-state index in [1.807, 2.05) is 4.90 Å². The molecule has 8 heteroatoms. The lowest BCUT2D eigenvalue weighted by molar-refractivity contribution is -0.136. The molecule has 0 radical (unpaired) electrons. The van der Waals surface area contributed by atoms with Gasteiger partial charge in [0.25, 0.3) is 0 Å². The number of amides is 2. The first-order valence-corrected chi connectivity index (χ1v) is 11.7. The second kappa shape index (κ2) is 11.6. The largest absolute Gasteiger partial charge is 0.489 e. The molecule has 2 atom stereocenters. The molecule has 7 nitrogen and oxygen atoms in total. The van der Waals surface area contributed by atoms with Gasteiger partial charge in [-0.1, -0.05) is 26.0 Å². The minimum absolute atomic E-state index is 0.0166. The molecule has 1 aromatic carbocycles. The number of hydrogen-bond donors (Lipinski definition) is 0. The number of rotatable bonds is 8. The summed E-state index contributed by atoms with van der Waals surface area (Å²) in [6, 6.07) is 6.26. The number of likely N-dealkylation sites (tertiary alicyclic amines) is 1. The maximum Gasteiger partial charge on any atom is 0.236 e. The van der Waals surface area contributed by atoms with Crippen LogP contribution >= 0.6 is 0 Å². The van der Waals surface area contributed by atoms with Gasteiger partial charge in [-0.3, -0.25) is 19.4 Å². The molecule has 0 N–H and O–H groups in total. The van der Waals surface area contributed by atoms with Crippen LogP contribution in [0.2, 0.25) is 0 Å². The van der Waals surface area contributed by atoms with Crippen molar-refractivity contribution in [2.75, 3.05) is 72.6 Å². The number of halogens is 1. The van der Waals surface area contributed by atoms with Crippen LogP contribution in [0.4, 0.5) is 4.39 Å². The van der Waals surface area contributed by atoms with Gasteiger partial charge >= 0.3 is 0 Å². The van der Waals surface area contributed by atoms with Gasteiger partial charge in [0.05, 0.1) is 19.6 Å². The third kappa shape index (κ3) is 7.17. The van der Waals surface area contributed by atoms with Crippen molar-refractivity contribution in [3.8, 4) is 5.75 Å². The fourth-order valence-corrected chi connectivity index (χ4v) is 4.55. The standard InChI is InChI=1S/C24H37FN4O3/c1-19-14-20(2)16-29(15-19)24(31)18-28-10-8-27(9-11-28)17-23(30)26(3)12-13-32-22-7-5-4-6-21(22)25/h4-7,19-20H,8-18H2,1-3H3. The van der Waals surface area contributed by atoms with Crippen LogP contribution in [0.1, 0.15) is 20.3 Å². The molecule has 2 amide bonds. The van der Waals surface area contributed by atoms with Gasteiger partial charge in [-0.05, 0) is 30.4 Å². The van der Waals surface area contributed by atoms with Crippen LogP contribution in [-0.2, 0) is 9.59 Å². The van der Waals surface area contributed by atoms with E-state index < -0.39 is 5.82 Å². The SMILES string of the molecule is CC1CC(C)CN(C(=O)CN2CCN(CC(=O)N(C)CCOc3ccccc3F)CC2)C1. The molecule has 2 heterocycles. The maximum atomic E-state index is 13.6. The van der Waals surface area contributed by atoms with E-state index in [0.29, 0.717) is 31.5 Å². The predicted molar refractivity (Wildman–Crippen MR) is 122 cm³/mol. The molecule has 2 fully saturated rings. The minimum Gasteiger partial charge on any atom is -0.489 e. The van der Waals surface area contributed by atoms with Crippen molar-refractivity contribution in [3.05, 3.63) is 30.1 Å². The Morgan fingerprint density at radius 1 is 1.03 bits per heavy atom. The molecule has 32 heavy (non-hydrogen) atoms. The highest BCUT2D eigenvalue weighted by molar-refractivity contribution is 5.78. The normalized spacial score (nSPS) is 22.6. The number of ether oxygens (including phenoxy) is 1. The average molecular weight is 449 g/mol. The van der Waals surface area contributed by atoms with Crippen molar-refractivity contribution in [2.45, 2.75) is 20.3 Å². The Bertz CT molecular complexity index is 759. The van der Waals surface area contributed by atoms with E-state index in [1.54, 1.807) is 30.1 Å². The van der Waals surface area contributed by atoms with Crippen molar-refractivity contribution in [1.82, 2.24) is 19.6 Å². The van der Waals surface area contributed by atoms with E-state index in [2.05, 4.69) is 23.6 Å². The molecule has 0 bridgehead atoms. The topological polar surface area (TPSA) is 56.3 Å². The molecule has 178 valence electrons. The van der Waals surface area contributed by atoms with Crippen LogP contribution in [0.25, 0.3) is 0 Å². The Morgan fingerprint density at radius 2 is 1.62 bits per heavy atom. The van der Waals surface area contributed by atoms with Crippen molar-refractivity contribution in [2.24, 2.45) is 11.8 Å². The molecule has 2 unspecified atom stereocenters. The van der Waals surface area contributed by atoms with Crippen LogP contribution in [0.15, 0.2) is 24.3 Å². The molecule has 2 aliphatic heterocycles. The summed E-state index contributed by atoms with van der Waals surface area (Å²) in [4.78, 5) is 33.2. The lowest BCUT2D eigenvalue weighted by Gasteiger charge is -2.38. The third-order valence-corrected chi connectivity index (χ3v) is 6.35. The zero-order valence-corrected chi connectivity index (χ0v) is 19.6. The molecular weight excluding hydrogens is 411 g/mol. The summed E-state index contributed by atoms with van der Waals surface area (Å²) in [7, 11) is 1.74. The quantitative estimate of drug-likeness (QED) is 0.607. The Morgan fingerprint density at radius 3 is 2.25 bits per heavy atom. The van der Waals surface area contributed by atoms with E-state index in [0.717, 1.165) is 39.3 Å². The molecule has 3 rings (SSSR count). The first-order chi connectivity index (χ1) is 15.3. The Hall–Kier alpha value is -2.19. The van der Waals surface area contributed by atoms with Crippen LogP contribution < -0.4 is 4.74 Å². The number of carbonyl (C=O) groups is 2. The van der Waals surface area contributed by atoms with Crippen LogP contribution in [0.5, 0.6) is 5.75 Å². The number of hydrogen-bond acceptors (Lipinski definition) is 5. The van der Waals surface area contributed by atoms with Crippen LogP contribution in [-0.4, -0.2) is 104 Å². The first kappa shape index (κ1) is 24.5. The van der Waals surface area contributed by atoms with Gasteiger partial charge in [0.15, 0.2) is 11.6 Å². The van der Waals surface area contributed by atoms with Gasteiger partial charge in [-0.2, -0.15) is 0 Å².